The monoisotopic (exact) mass is 287 g/mol. The first-order valence-electron chi connectivity index (χ1n) is 7.65. The molecule has 1 heterocycles. The number of ether oxygens (including phenoxy) is 1. The zero-order valence-electron chi connectivity index (χ0n) is 13.0. The first-order valence-corrected chi connectivity index (χ1v) is 7.65. The molecule has 2 atom stereocenters. The maximum atomic E-state index is 10.2. The van der Waals surface area contributed by atoms with Crippen LogP contribution in [0.1, 0.15) is 31.4 Å². The van der Waals surface area contributed by atoms with Gasteiger partial charge < -0.3 is 9.84 Å². The van der Waals surface area contributed by atoms with Gasteiger partial charge in [-0.25, -0.2) is 0 Å². The van der Waals surface area contributed by atoms with Crippen LogP contribution < -0.4 is 0 Å². The number of benzene rings is 1. The molecule has 2 rings (SSSR count). The highest BCUT2D eigenvalue weighted by Crippen LogP contribution is 2.19. The number of hydrogen-bond donors (Lipinski definition) is 1. The van der Waals surface area contributed by atoms with Crippen LogP contribution in [0, 0.1) is 12.3 Å². The summed E-state index contributed by atoms with van der Waals surface area (Å²) < 4.78 is 5.69. The van der Waals surface area contributed by atoms with Gasteiger partial charge in [-0.3, -0.25) is 4.90 Å². The molecule has 0 aromatic heterocycles. The van der Waals surface area contributed by atoms with Crippen LogP contribution in [0.4, 0.5) is 0 Å². The molecule has 1 aliphatic heterocycles. The number of aliphatic hydroxyl groups excluding tert-OH is 1. The van der Waals surface area contributed by atoms with Crippen LogP contribution in [-0.2, 0) is 17.7 Å². The Kier molecular flexibility index (Phi) is 5.41. The summed E-state index contributed by atoms with van der Waals surface area (Å²) in [5, 5.41) is 10.2. The predicted octanol–water partition coefficient (Wildman–Crippen LogP) is 2.22. The third-order valence-electron chi connectivity index (χ3n) is 4.25. The summed E-state index contributed by atoms with van der Waals surface area (Å²) in [6, 6.07) is 8.51. The number of nitrogens with zero attached hydrogens (tertiary/aromatic N) is 1. The van der Waals surface area contributed by atoms with Crippen molar-refractivity contribution in [2.75, 3.05) is 19.7 Å². The fourth-order valence-electron chi connectivity index (χ4n) is 2.59. The van der Waals surface area contributed by atoms with E-state index >= 15 is 0 Å². The minimum absolute atomic E-state index is 0.284. The molecule has 1 aromatic rings. The van der Waals surface area contributed by atoms with Gasteiger partial charge in [0.25, 0.3) is 0 Å². The molecule has 0 spiro atoms. The molecule has 0 saturated carbocycles. The van der Waals surface area contributed by atoms with Crippen molar-refractivity contribution in [1.82, 2.24) is 4.90 Å². The third kappa shape index (κ3) is 4.31. The molecular formula is C18H25NO2. The summed E-state index contributed by atoms with van der Waals surface area (Å²) in [6.07, 6.45) is 6.75. The zero-order chi connectivity index (χ0) is 15.3. The molecule has 1 N–H and O–H groups in total. The SMILES string of the molecule is C#CC(C)(CC)OCC(O)CN1CCc2ccccc2C1. The van der Waals surface area contributed by atoms with Crippen molar-refractivity contribution in [1.29, 1.82) is 0 Å². The second-order valence-electron chi connectivity index (χ2n) is 5.95. The lowest BCUT2D eigenvalue weighted by Gasteiger charge is -2.31. The van der Waals surface area contributed by atoms with Gasteiger partial charge in [0.2, 0.25) is 0 Å². The average Bonchev–Trinajstić information content (AvgIpc) is 2.52. The molecule has 1 aliphatic rings. The standard InChI is InChI=1S/C18H25NO2/c1-4-18(3,5-2)21-14-17(20)13-19-11-10-15-8-6-7-9-16(15)12-19/h1,6-9,17,20H,5,10-14H2,2-3H3. The minimum atomic E-state index is -0.574. The Balaban J connectivity index is 1.82. The summed E-state index contributed by atoms with van der Waals surface area (Å²) >= 11 is 0. The highest BCUT2D eigenvalue weighted by atomic mass is 16.5. The number of terminal acetylenes is 1. The van der Waals surface area contributed by atoms with Gasteiger partial charge >= 0.3 is 0 Å². The summed E-state index contributed by atoms with van der Waals surface area (Å²) in [4.78, 5) is 2.27. The highest BCUT2D eigenvalue weighted by Gasteiger charge is 2.23. The average molecular weight is 287 g/mol. The van der Waals surface area contributed by atoms with Crippen LogP contribution >= 0.6 is 0 Å². The molecule has 2 unspecified atom stereocenters. The van der Waals surface area contributed by atoms with Gasteiger partial charge in [0.05, 0.1) is 12.7 Å². The highest BCUT2D eigenvalue weighted by molar-refractivity contribution is 5.29. The lowest BCUT2D eigenvalue weighted by molar-refractivity contribution is -0.0480. The van der Waals surface area contributed by atoms with Gasteiger partial charge in [-0.05, 0) is 30.9 Å². The Bertz CT molecular complexity index is 508. The normalized spacial score (nSPS) is 19.3. The Morgan fingerprint density at radius 3 is 2.81 bits per heavy atom. The molecule has 0 bridgehead atoms. The smallest absolute Gasteiger partial charge is 0.125 e. The largest absolute Gasteiger partial charge is 0.389 e. The van der Waals surface area contributed by atoms with E-state index in [4.69, 9.17) is 11.2 Å². The van der Waals surface area contributed by atoms with Crippen molar-refractivity contribution in [3.63, 3.8) is 0 Å². The molecule has 114 valence electrons. The first-order chi connectivity index (χ1) is 10.1. The molecule has 3 heteroatoms. The van der Waals surface area contributed by atoms with Crippen LogP contribution in [0.2, 0.25) is 0 Å². The van der Waals surface area contributed by atoms with E-state index in [0.717, 1.165) is 25.9 Å². The van der Waals surface area contributed by atoms with E-state index in [1.54, 1.807) is 0 Å². The molecule has 3 nitrogen and oxygen atoms in total. The molecule has 0 saturated heterocycles. The lowest BCUT2D eigenvalue weighted by Crippen LogP contribution is -2.40. The van der Waals surface area contributed by atoms with Crippen molar-refractivity contribution in [2.45, 2.75) is 44.9 Å². The van der Waals surface area contributed by atoms with Gasteiger partial charge in [0.1, 0.15) is 5.60 Å². The maximum Gasteiger partial charge on any atom is 0.125 e. The number of rotatable bonds is 6. The Morgan fingerprint density at radius 2 is 2.14 bits per heavy atom. The third-order valence-corrected chi connectivity index (χ3v) is 4.25. The van der Waals surface area contributed by atoms with Crippen molar-refractivity contribution in [2.24, 2.45) is 0 Å². The second kappa shape index (κ2) is 7.09. The number of fused-ring (bicyclic) bond motifs is 1. The van der Waals surface area contributed by atoms with Gasteiger partial charge in [-0.1, -0.05) is 37.1 Å². The van der Waals surface area contributed by atoms with E-state index in [-0.39, 0.29) is 6.61 Å². The van der Waals surface area contributed by atoms with E-state index in [0.29, 0.717) is 6.54 Å². The van der Waals surface area contributed by atoms with Crippen molar-refractivity contribution in [3.8, 4) is 12.3 Å². The van der Waals surface area contributed by atoms with Crippen LogP contribution in [0.5, 0.6) is 0 Å². The van der Waals surface area contributed by atoms with Gasteiger partial charge in [-0.2, -0.15) is 0 Å². The predicted molar refractivity (Wildman–Crippen MR) is 84.9 cm³/mol. The Labute approximate surface area is 127 Å². The van der Waals surface area contributed by atoms with Crippen molar-refractivity contribution in [3.05, 3.63) is 35.4 Å². The molecule has 0 radical (unpaired) electrons. The topological polar surface area (TPSA) is 32.7 Å². The molecular weight excluding hydrogens is 262 g/mol. The molecule has 0 aliphatic carbocycles. The lowest BCUT2D eigenvalue weighted by atomic mass is 10.00. The fourth-order valence-corrected chi connectivity index (χ4v) is 2.59. The fraction of sp³-hybridized carbons (Fsp3) is 0.556. The van der Waals surface area contributed by atoms with Gasteiger partial charge in [0, 0.05) is 19.6 Å². The zero-order valence-corrected chi connectivity index (χ0v) is 13.0. The van der Waals surface area contributed by atoms with E-state index in [1.807, 2.05) is 13.8 Å². The van der Waals surface area contributed by atoms with E-state index in [2.05, 4.69) is 35.1 Å². The Morgan fingerprint density at radius 1 is 1.43 bits per heavy atom. The van der Waals surface area contributed by atoms with Crippen LogP contribution in [0.3, 0.4) is 0 Å². The summed E-state index contributed by atoms with van der Waals surface area (Å²) in [7, 11) is 0. The molecule has 0 fully saturated rings. The van der Waals surface area contributed by atoms with E-state index in [1.165, 1.54) is 11.1 Å². The summed E-state index contributed by atoms with van der Waals surface area (Å²) in [5.74, 6) is 2.65. The Hall–Kier alpha value is -1.34. The van der Waals surface area contributed by atoms with Crippen LogP contribution in [0.25, 0.3) is 0 Å². The van der Waals surface area contributed by atoms with Gasteiger partial charge in [-0.15, -0.1) is 6.42 Å². The number of hydrogen-bond acceptors (Lipinski definition) is 3. The molecule has 0 amide bonds. The minimum Gasteiger partial charge on any atom is -0.389 e. The number of aliphatic hydroxyl groups is 1. The van der Waals surface area contributed by atoms with Crippen LogP contribution in [0.15, 0.2) is 24.3 Å². The summed E-state index contributed by atoms with van der Waals surface area (Å²) in [6.45, 7) is 6.66. The maximum absolute atomic E-state index is 10.2. The van der Waals surface area contributed by atoms with E-state index in [9.17, 15) is 5.11 Å². The van der Waals surface area contributed by atoms with Gasteiger partial charge in [0.15, 0.2) is 0 Å². The first kappa shape index (κ1) is 16.0. The van der Waals surface area contributed by atoms with Crippen molar-refractivity contribution >= 4 is 0 Å². The van der Waals surface area contributed by atoms with E-state index < -0.39 is 11.7 Å². The quantitative estimate of drug-likeness (QED) is 0.814. The van der Waals surface area contributed by atoms with Crippen LogP contribution in [-0.4, -0.2) is 41.4 Å². The van der Waals surface area contributed by atoms with Crippen molar-refractivity contribution < 1.29 is 9.84 Å². The number of β-amino-alcohol motifs (C(OH)–C–C–N with tert-alkyl or cyclic N) is 1. The second-order valence-corrected chi connectivity index (χ2v) is 5.95. The molecule has 21 heavy (non-hydrogen) atoms. The summed E-state index contributed by atoms with van der Waals surface area (Å²) in [5.41, 5.74) is 2.21. The molecule has 1 aromatic carbocycles.